The van der Waals surface area contributed by atoms with Crippen molar-refractivity contribution in [2.24, 2.45) is 0 Å². The molecule has 0 bridgehead atoms. The Morgan fingerprint density at radius 2 is 1.92 bits per heavy atom. The normalized spacial score (nSPS) is 12.3. The van der Waals surface area contributed by atoms with Crippen LogP contribution >= 0.6 is 15.9 Å². The van der Waals surface area contributed by atoms with Crippen molar-refractivity contribution in [1.82, 2.24) is 10.3 Å². The van der Waals surface area contributed by atoms with E-state index in [9.17, 15) is 18.0 Å². The van der Waals surface area contributed by atoms with Gasteiger partial charge in [-0.05, 0) is 43.3 Å². The molecule has 0 aliphatic rings. The van der Waals surface area contributed by atoms with Crippen molar-refractivity contribution in [2.45, 2.75) is 19.2 Å². The van der Waals surface area contributed by atoms with E-state index in [0.29, 0.717) is 5.75 Å². The van der Waals surface area contributed by atoms with E-state index in [4.69, 9.17) is 4.74 Å². The van der Waals surface area contributed by atoms with E-state index in [2.05, 4.69) is 31.5 Å². The molecule has 0 saturated carbocycles. The Morgan fingerprint density at radius 1 is 1.23 bits per heavy atom. The first kappa shape index (κ1) is 20.0. The molecule has 0 fully saturated rings. The average molecular weight is 432 g/mol. The smallest absolute Gasteiger partial charge is 0.419 e. The van der Waals surface area contributed by atoms with Gasteiger partial charge in [-0.15, -0.1) is 0 Å². The highest BCUT2D eigenvalue weighted by Gasteiger charge is 2.33. The number of nitrogens with one attached hydrogen (secondary N) is 2. The maximum atomic E-state index is 12.9. The van der Waals surface area contributed by atoms with E-state index in [1.54, 1.807) is 31.2 Å². The summed E-state index contributed by atoms with van der Waals surface area (Å²) in [6.45, 7) is 1.81. The number of hydrogen-bond acceptors (Lipinski definition) is 4. The fourth-order valence-electron chi connectivity index (χ4n) is 2.06. The molecule has 0 aliphatic heterocycles. The highest BCUT2D eigenvalue weighted by Crippen LogP contribution is 2.33. The number of benzene rings is 1. The summed E-state index contributed by atoms with van der Waals surface area (Å²) in [7, 11) is 0. The van der Waals surface area contributed by atoms with Crippen LogP contribution in [0.4, 0.5) is 19.0 Å². The summed E-state index contributed by atoms with van der Waals surface area (Å²) in [5.41, 5.74) is -0.849. The quantitative estimate of drug-likeness (QED) is 0.653. The van der Waals surface area contributed by atoms with Gasteiger partial charge >= 0.3 is 6.18 Å². The molecule has 26 heavy (non-hydrogen) atoms. The van der Waals surface area contributed by atoms with Crippen LogP contribution in [0.2, 0.25) is 0 Å². The van der Waals surface area contributed by atoms with Gasteiger partial charge in [0.2, 0.25) is 0 Å². The molecule has 1 aromatic carbocycles. The van der Waals surface area contributed by atoms with Gasteiger partial charge in [0.1, 0.15) is 11.6 Å². The molecule has 140 valence electrons. The number of pyridine rings is 1. The van der Waals surface area contributed by atoms with Crippen LogP contribution in [0.5, 0.6) is 5.75 Å². The zero-order valence-electron chi connectivity index (χ0n) is 13.8. The van der Waals surface area contributed by atoms with E-state index in [1.165, 1.54) is 12.3 Å². The number of anilines is 1. The molecule has 9 heteroatoms. The maximum Gasteiger partial charge on any atom is 0.419 e. The average Bonchev–Trinajstić information content (AvgIpc) is 2.60. The van der Waals surface area contributed by atoms with Gasteiger partial charge in [-0.25, -0.2) is 4.98 Å². The molecule has 0 aliphatic carbocycles. The van der Waals surface area contributed by atoms with Crippen LogP contribution in [-0.4, -0.2) is 30.1 Å². The van der Waals surface area contributed by atoms with Crippen molar-refractivity contribution in [3.05, 3.63) is 52.6 Å². The molecule has 0 radical (unpaired) electrons. The van der Waals surface area contributed by atoms with Crippen LogP contribution in [0.1, 0.15) is 12.5 Å². The number of rotatable bonds is 7. The lowest BCUT2D eigenvalue weighted by Crippen LogP contribution is -2.38. The number of nitrogens with zero attached hydrogens (tertiary/aromatic N) is 1. The van der Waals surface area contributed by atoms with Gasteiger partial charge in [0.25, 0.3) is 5.91 Å². The zero-order chi connectivity index (χ0) is 19.2. The van der Waals surface area contributed by atoms with Crippen LogP contribution < -0.4 is 15.4 Å². The van der Waals surface area contributed by atoms with Gasteiger partial charge in [-0.1, -0.05) is 15.9 Å². The maximum absolute atomic E-state index is 12.9. The minimum atomic E-state index is -4.49. The second kappa shape index (κ2) is 8.88. The monoisotopic (exact) mass is 431 g/mol. The Morgan fingerprint density at radius 3 is 2.58 bits per heavy atom. The first-order valence-electron chi connectivity index (χ1n) is 7.73. The van der Waals surface area contributed by atoms with Gasteiger partial charge in [0.05, 0.1) is 5.56 Å². The molecule has 0 saturated heterocycles. The summed E-state index contributed by atoms with van der Waals surface area (Å²) in [4.78, 5) is 15.7. The SMILES string of the molecule is CC(Oc1ccc(Br)cc1)C(=O)NCCNc1ncccc1C(F)(F)F. The van der Waals surface area contributed by atoms with E-state index < -0.39 is 17.8 Å². The van der Waals surface area contributed by atoms with Crippen molar-refractivity contribution < 1.29 is 22.7 Å². The van der Waals surface area contributed by atoms with E-state index in [-0.39, 0.29) is 24.8 Å². The van der Waals surface area contributed by atoms with E-state index in [1.807, 2.05) is 0 Å². The highest BCUT2D eigenvalue weighted by atomic mass is 79.9. The lowest BCUT2D eigenvalue weighted by molar-refractivity contribution is -0.137. The van der Waals surface area contributed by atoms with Gasteiger partial charge in [-0.3, -0.25) is 4.79 Å². The summed E-state index contributed by atoms with van der Waals surface area (Å²) < 4.78 is 44.9. The van der Waals surface area contributed by atoms with E-state index >= 15 is 0 Å². The Bertz CT molecular complexity index is 739. The lowest BCUT2D eigenvalue weighted by Gasteiger charge is -2.16. The molecule has 1 atom stereocenters. The molecule has 2 N–H and O–H groups in total. The molecule has 1 amide bonds. The third kappa shape index (κ3) is 5.91. The molecule has 1 aromatic heterocycles. The summed E-state index contributed by atoms with van der Waals surface area (Å²) in [5.74, 6) is -0.0996. The number of carbonyl (C=O) groups is 1. The standard InChI is InChI=1S/C17H17BrF3N3O2/c1-11(26-13-6-4-12(18)5-7-13)16(25)24-10-9-23-15-14(17(19,20)21)3-2-8-22-15/h2-8,11H,9-10H2,1H3,(H,22,23)(H,24,25). The Hall–Kier alpha value is -2.29. The van der Waals surface area contributed by atoms with Crippen molar-refractivity contribution in [1.29, 1.82) is 0 Å². The predicted octanol–water partition coefficient (Wildman–Crippen LogP) is 3.86. The predicted molar refractivity (Wildman–Crippen MR) is 95.0 cm³/mol. The van der Waals surface area contributed by atoms with Gasteiger partial charge in [0.15, 0.2) is 6.10 Å². The number of carbonyl (C=O) groups excluding carboxylic acids is 1. The summed E-state index contributed by atoms with van der Waals surface area (Å²) in [6, 6.07) is 9.17. The number of alkyl halides is 3. The number of aromatic nitrogens is 1. The van der Waals surface area contributed by atoms with Crippen LogP contribution in [-0.2, 0) is 11.0 Å². The third-order valence-electron chi connectivity index (χ3n) is 3.33. The van der Waals surface area contributed by atoms with Crippen LogP contribution in [0.15, 0.2) is 47.1 Å². The molecule has 5 nitrogen and oxygen atoms in total. The van der Waals surface area contributed by atoms with Gasteiger partial charge in [-0.2, -0.15) is 13.2 Å². The molecule has 0 spiro atoms. The minimum Gasteiger partial charge on any atom is -0.481 e. The zero-order valence-corrected chi connectivity index (χ0v) is 15.4. The van der Waals surface area contributed by atoms with Crippen molar-refractivity contribution in [3.63, 3.8) is 0 Å². The molecular weight excluding hydrogens is 415 g/mol. The summed E-state index contributed by atoms with van der Waals surface area (Å²) in [5, 5.41) is 5.18. The fourth-order valence-corrected chi connectivity index (χ4v) is 2.32. The number of halogens is 4. The van der Waals surface area contributed by atoms with Crippen LogP contribution in [0.25, 0.3) is 0 Å². The van der Waals surface area contributed by atoms with Crippen molar-refractivity contribution in [2.75, 3.05) is 18.4 Å². The summed E-state index contributed by atoms with van der Waals surface area (Å²) in [6.07, 6.45) is -3.96. The Labute approximate surface area is 157 Å². The topological polar surface area (TPSA) is 63.2 Å². The van der Waals surface area contributed by atoms with Crippen molar-refractivity contribution >= 4 is 27.7 Å². The van der Waals surface area contributed by atoms with Gasteiger partial charge < -0.3 is 15.4 Å². The van der Waals surface area contributed by atoms with Crippen LogP contribution in [0.3, 0.4) is 0 Å². The summed E-state index contributed by atoms with van der Waals surface area (Å²) >= 11 is 3.30. The molecule has 1 heterocycles. The first-order chi connectivity index (χ1) is 12.3. The Kier molecular flexibility index (Phi) is 6.84. The first-order valence-corrected chi connectivity index (χ1v) is 8.52. The number of ether oxygens (including phenoxy) is 1. The highest BCUT2D eigenvalue weighted by molar-refractivity contribution is 9.10. The number of hydrogen-bond donors (Lipinski definition) is 2. The molecular formula is C17H17BrF3N3O2. The minimum absolute atomic E-state index is 0.0941. The van der Waals surface area contributed by atoms with E-state index in [0.717, 1.165) is 10.5 Å². The Balaban J connectivity index is 1.79. The molecule has 2 rings (SSSR count). The second-order valence-electron chi connectivity index (χ2n) is 5.33. The lowest BCUT2D eigenvalue weighted by atomic mass is 10.2. The van der Waals surface area contributed by atoms with Gasteiger partial charge in [0, 0.05) is 23.8 Å². The second-order valence-corrected chi connectivity index (χ2v) is 6.24. The molecule has 2 aromatic rings. The molecule has 1 unspecified atom stereocenters. The van der Waals surface area contributed by atoms with Crippen molar-refractivity contribution in [3.8, 4) is 5.75 Å². The largest absolute Gasteiger partial charge is 0.481 e. The fraction of sp³-hybridized carbons (Fsp3) is 0.294. The third-order valence-corrected chi connectivity index (χ3v) is 3.85. The number of amides is 1. The van der Waals surface area contributed by atoms with Crippen LogP contribution in [0, 0.1) is 0 Å².